The van der Waals surface area contributed by atoms with Crippen molar-refractivity contribution in [2.24, 2.45) is 21.7 Å². The zero-order chi connectivity index (χ0) is 10.7. The zero-order valence-electron chi connectivity index (χ0n) is 8.01. The van der Waals surface area contributed by atoms with Crippen molar-refractivity contribution in [2.45, 2.75) is 0 Å². The van der Waals surface area contributed by atoms with Crippen LogP contribution in [0.5, 0.6) is 0 Å². The average Bonchev–Trinajstić information content (AvgIpc) is 2.64. The Labute approximate surface area is 86.5 Å². The third-order valence-electron chi connectivity index (χ3n) is 1.96. The lowest BCUT2D eigenvalue weighted by molar-refractivity contribution is 1.22. The second kappa shape index (κ2) is 3.83. The predicted molar refractivity (Wildman–Crippen MR) is 61.7 cm³/mol. The van der Waals surface area contributed by atoms with Crippen LogP contribution in [0.25, 0.3) is 10.9 Å². The Bertz CT molecular complexity index is 519. The Hall–Kier alpha value is -2.30. The molecular weight excluding hydrogens is 190 g/mol. The summed E-state index contributed by atoms with van der Waals surface area (Å²) in [7, 11) is 0. The van der Waals surface area contributed by atoms with Crippen LogP contribution in [0.3, 0.4) is 0 Å². The van der Waals surface area contributed by atoms with Gasteiger partial charge in [0.2, 0.25) is 5.96 Å². The van der Waals surface area contributed by atoms with Crippen LogP contribution in [-0.2, 0) is 0 Å². The number of hydrogen-bond acceptors (Lipinski definition) is 2. The predicted octanol–water partition coefficient (Wildman–Crippen LogP) is 0.775. The van der Waals surface area contributed by atoms with E-state index in [9.17, 15) is 0 Å². The van der Waals surface area contributed by atoms with Crippen molar-refractivity contribution in [3.63, 3.8) is 0 Å². The highest BCUT2D eigenvalue weighted by molar-refractivity contribution is 5.89. The number of nitrogens with one attached hydrogen (secondary N) is 1. The highest BCUT2D eigenvalue weighted by Crippen LogP contribution is 2.12. The second-order valence-electron chi connectivity index (χ2n) is 3.09. The van der Waals surface area contributed by atoms with E-state index in [0.717, 1.165) is 16.5 Å². The smallest absolute Gasteiger partial charge is 0.211 e. The lowest BCUT2D eigenvalue weighted by Crippen LogP contribution is -2.21. The fourth-order valence-corrected chi connectivity index (χ4v) is 1.31. The van der Waals surface area contributed by atoms with E-state index in [1.54, 1.807) is 6.21 Å². The molecule has 0 amide bonds. The molecule has 1 aromatic carbocycles. The molecule has 0 fully saturated rings. The van der Waals surface area contributed by atoms with Crippen LogP contribution in [0.1, 0.15) is 5.56 Å². The molecule has 0 aliphatic carbocycles. The molecule has 0 radical (unpaired) electrons. The quantitative estimate of drug-likeness (QED) is 0.380. The van der Waals surface area contributed by atoms with Gasteiger partial charge in [-0.3, -0.25) is 0 Å². The molecule has 1 heterocycles. The van der Waals surface area contributed by atoms with E-state index < -0.39 is 0 Å². The van der Waals surface area contributed by atoms with Gasteiger partial charge in [-0.1, -0.05) is 6.07 Å². The van der Waals surface area contributed by atoms with Gasteiger partial charge in [-0.25, -0.2) is 0 Å². The summed E-state index contributed by atoms with van der Waals surface area (Å²) in [5.41, 5.74) is 12.3. The third-order valence-corrected chi connectivity index (χ3v) is 1.96. The van der Waals surface area contributed by atoms with Crippen molar-refractivity contribution in [2.75, 3.05) is 0 Å². The molecule has 1 aromatic heterocycles. The van der Waals surface area contributed by atoms with Crippen LogP contribution in [0.2, 0.25) is 0 Å². The normalized spacial score (nSPS) is 10.9. The standard InChI is InChI=1S/C10H11N5/c11-10(12)15-14-6-7-1-2-9-8(5-7)3-4-13-9/h1-6,13H,(H4,11,12,15)/b14-6+. The van der Waals surface area contributed by atoms with Gasteiger partial charge in [0, 0.05) is 11.7 Å². The summed E-state index contributed by atoms with van der Waals surface area (Å²) in [5.74, 6) is -0.0472. The topological polar surface area (TPSA) is 92.6 Å². The number of rotatable bonds is 2. The first kappa shape index (κ1) is 9.26. The van der Waals surface area contributed by atoms with E-state index in [1.807, 2.05) is 30.5 Å². The van der Waals surface area contributed by atoms with Crippen molar-refractivity contribution in [3.05, 3.63) is 36.0 Å². The van der Waals surface area contributed by atoms with Gasteiger partial charge in [-0.05, 0) is 29.1 Å². The highest BCUT2D eigenvalue weighted by Gasteiger charge is 1.94. The maximum atomic E-state index is 5.14. The summed E-state index contributed by atoms with van der Waals surface area (Å²) in [4.78, 5) is 3.11. The van der Waals surface area contributed by atoms with Crippen LogP contribution < -0.4 is 11.5 Å². The van der Waals surface area contributed by atoms with E-state index in [2.05, 4.69) is 15.2 Å². The Balaban J connectivity index is 2.28. The molecule has 2 rings (SSSR count). The van der Waals surface area contributed by atoms with Gasteiger partial charge in [0.05, 0.1) is 6.21 Å². The molecule has 76 valence electrons. The number of H-pyrrole nitrogens is 1. The summed E-state index contributed by atoms with van der Waals surface area (Å²) >= 11 is 0. The lowest BCUT2D eigenvalue weighted by Gasteiger charge is -1.92. The maximum Gasteiger partial charge on any atom is 0.211 e. The highest BCUT2D eigenvalue weighted by atomic mass is 15.3. The summed E-state index contributed by atoms with van der Waals surface area (Å²) in [6.45, 7) is 0. The second-order valence-corrected chi connectivity index (χ2v) is 3.09. The van der Waals surface area contributed by atoms with E-state index in [0.29, 0.717) is 0 Å². The van der Waals surface area contributed by atoms with E-state index in [1.165, 1.54) is 0 Å². The number of nitrogens with zero attached hydrogens (tertiary/aromatic N) is 2. The lowest BCUT2D eigenvalue weighted by atomic mass is 10.2. The fraction of sp³-hybridized carbons (Fsp3) is 0. The number of aromatic amines is 1. The number of benzene rings is 1. The Morgan fingerprint density at radius 3 is 2.93 bits per heavy atom. The molecule has 0 saturated carbocycles. The Kier molecular flexibility index (Phi) is 2.37. The molecule has 0 saturated heterocycles. The van der Waals surface area contributed by atoms with E-state index in [4.69, 9.17) is 11.5 Å². The van der Waals surface area contributed by atoms with Gasteiger partial charge in [-0.15, -0.1) is 5.10 Å². The fourth-order valence-electron chi connectivity index (χ4n) is 1.31. The number of hydrogen-bond donors (Lipinski definition) is 3. The Morgan fingerprint density at radius 2 is 2.13 bits per heavy atom. The van der Waals surface area contributed by atoms with Crippen molar-refractivity contribution in [1.82, 2.24) is 4.98 Å². The van der Waals surface area contributed by atoms with Crippen LogP contribution >= 0.6 is 0 Å². The van der Waals surface area contributed by atoms with E-state index in [-0.39, 0.29) is 5.96 Å². The molecule has 0 bridgehead atoms. The van der Waals surface area contributed by atoms with Crippen molar-refractivity contribution in [1.29, 1.82) is 0 Å². The van der Waals surface area contributed by atoms with Gasteiger partial charge in [0.1, 0.15) is 0 Å². The van der Waals surface area contributed by atoms with Crippen LogP contribution in [0.4, 0.5) is 0 Å². The molecule has 0 aliphatic heterocycles. The number of guanidine groups is 1. The van der Waals surface area contributed by atoms with Crippen molar-refractivity contribution >= 4 is 23.1 Å². The first-order chi connectivity index (χ1) is 7.25. The van der Waals surface area contributed by atoms with Gasteiger partial charge in [-0.2, -0.15) is 5.10 Å². The molecule has 15 heavy (non-hydrogen) atoms. The van der Waals surface area contributed by atoms with Gasteiger partial charge < -0.3 is 16.5 Å². The summed E-state index contributed by atoms with van der Waals surface area (Å²) in [6.07, 6.45) is 3.49. The van der Waals surface area contributed by atoms with E-state index >= 15 is 0 Å². The molecule has 0 atom stereocenters. The zero-order valence-corrected chi connectivity index (χ0v) is 8.01. The third kappa shape index (κ3) is 2.14. The molecule has 0 unspecified atom stereocenters. The molecule has 0 aliphatic rings. The molecule has 5 heteroatoms. The minimum atomic E-state index is -0.0472. The summed E-state index contributed by atoms with van der Waals surface area (Å²) < 4.78 is 0. The first-order valence-corrected chi connectivity index (χ1v) is 4.45. The molecule has 5 N–H and O–H groups in total. The largest absolute Gasteiger partial charge is 0.369 e. The molecular formula is C10H11N5. The Morgan fingerprint density at radius 1 is 1.27 bits per heavy atom. The van der Waals surface area contributed by atoms with Crippen molar-refractivity contribution < 1.29 is 0 Å². The number of fused-ring (bicyclic) bond motifs is 1. The summed E-state index contributed by atoms with van der Waals surface area (Å²) in [5, 5.41) is 8.38. The molecule has 0 spiro atoms. The van der Waals surface area contributed by atoms with Gasteiger partial charge in [0.15, 0.2) is 0 Å². The van der Waals surface area contributed by atoms with Crippen LogP contribution in [0.15, 0.2) is 40.7 Å². The SMILES string of the molecule is NC(N)=N/N=C/c1ccc2[nH]ccc2c1. The van der Waals surface area contributed by atoms with Gasteiger partial charge >= 0.3 is 0 Å². The summed E-state index contributed by atoms with van der Waals surface area (Å²) in [6, 6.07) is 7.90. The van der Waals surface area contributed by atoms with Gasteiger partial charge in [0.25, 0.3) is 0 Å². The number of nitrogens with two attached hydrogens (primary N) is 2. The molecule has 2 aromatic rings. The minimum absolute atomic E-state index is 0.0472. The average molecular weight is 201 g/mol. The maximum absolute atomic E-state index is 5.14. The minimum Gasteiger partial charge on any atom is -0.369 e. The first-order valence-electron chi connectivity index (χ1n) is 4.45. The van der Waals surface area contributed by atoms with Crippen LogP contribution in [0, 0.1) is 0 Å². The molecule has 5 nitrogen and oxygen atoms in total. The van der Waals surface area contributed by atoms with Crippen LogP contribution in [-0.4, -0.2) is 17.2 Å². The monoisotopic (exact) mass is 201 g/mol. The number of aromatic nitrogens is 1. The van der Waals surface area contributed by atoms with Crippen molar-refractivity contribution in [3.8, 4) is 0 Å².